The highest BCUT2D eigenvalue weighted by atomic mass is 35.5. The molecule has 0 N–H and O–H groups in total. The minimum Gasteiger partial charge on any atom is -0.288 e. The molecule has 0 amide bonds. The van der Waals surface area contributed by atoms with Crippen LogP contribution in [0.2, 0.25) is 4.34 Å². The van der Waals surface area contributed by atoms with Gasteiger partial charge in [-0.25, -0.2) is 0 Å². The summed E-state index contributed by atoms with van der Waals surface area (Å²) in [7, 11) is 0. The van der Waals surface area contributed by atoms with E-state index in [4.69, 9.17) is 11.6 Å². The van der Waals surface area contributed by atoms with Crippen molar-refractivity contribution in [3.8, 4) is 0 Å². The summed E-state index contributed by atoms with van der Waals surface area (Å²) in [6.45, 7) is 0. The normalized spacial score (nSPS) is 10.8. The van der Waals surface area contributed by atoms with Gasteiger partial charge < -0.3 is 0 Å². The van der Waals surface area contributed by atoms with Gasteiger partial charge in [-0.05, 0) is 30.4 Å². The van der Waals surface area contributed by atoms with Gasteiger partial charge >= 0.3 is 0 Å². The molecule has 1 heterocycles. The first-order valence-corrected chi connectivity index (χ1v) is 6.48. The van der Waals surface area contributed by atoms with Gasteiger partial charge in [0.25, 0.3) is 5.69 Å². The number of allylic oxidation sites excluding steroid dienone is 1. The minimum absolute atomic E-state index is 0.0317. The number of halogens is 1. The maximum atomic E-state index is 11.8. The van der Waals surface area contributed by atoms with Crippen molar-refractivity contribution >= 4 is 40.5 Å². The highest BCUT2D eigenvalue weighted by Crippen LogP contribution is 2.23. The molecule has 19 heavy (non-hydrogen) atoms. The lowest BCUT2D eigenvalue weighted by molar-refractivity contribution is -0.385. The molecule has 6 heteroatoms. The molecule has 0 unspecified atom stereocenters. The van der Waals surface area contributed by atoms with Crippen LogP contribution in [0.5, 0.6) is 0 Å². The van der Waals surface area contributed by atoms with Crippen LogP contribution in [0.4, 0.5) is 5.69 Å². The van der Waals surface area contributed by atoms with Gasteiger partial charge in [0, 0.05) is 6.07 Å². The Morgan fingerprint density at radius 1 is 1.26 bits per heavy atom. The summed E-state index contributed by atoms with van der Waals surface area (Å²) in [5, 5.41) is 10.8. The first-order valence-electron chi connectivity index (χ1n) is 5.29. The number of ketones is 1. The number of hydrogen-bond donors (Lipinski definition) is 0. The second-order valence-electron chi connectivity index (χ2n) is 3.62. The maximum Gasteiger partial charge on any atom is 0.276 e. The fourth-order valence-electron chi connectivity index (χ4n) is 1.49. The number of carbonyl (C=O) groups is 1. The summed E-state index contributed by atoms with van der Waals surface area (Å²) < 4.78 is 0.530. The molecule has 2 rings (SSSR count). The van der Waals surface area contributed by atoms with Crippen molar-refractivity contribution in [1.82, 2.24) is 0 Å². The Bertz CT molecular complexity index is 663. The Balaban J connectivity index is 2.24. The Hall–Kier alpha value is -1.98. The number of nitro benzene ring substituents is 1. The molecule has 0 spiro atoms. The molecule has 0 saturated heterocycles. The summed E-state index contributed by atoms with van der Waals surface area (Å²) >= 11 is 6.91. The lowest BCUT2D eigenvalue weighted by Gasteiger charge is -1.95. The van der Waals surface area contributed by atoms with Crippen molar-refractivity contribution in [1.29, 1.82) is 0 Å². The highest BCUT2D eigenvalue weighted by molar-refractivity contribution is 7.18. The van der Waals surface area contributed by atoms with Crippen molar-refractivity contribution in [2.24, 2.45) is 0 Å². The van der Waals surface area contributed by atoms with Crippen LogP contribution in [0.25, 0.3) is 6.08 Å². The number of thiophene rings is 1. The summed E-state index contributed by atoms with van der Waals surface area (Å²) in [5.41, 5.74) is 0.360. The van der Waals surface area contributed by atoms with Crippen LogP contribution in [0.3, 0.4) is 0 Å². The number of benzene rings is 1. The Labute approximate surface area is 118 Å². The van der Waals surface area contributed by atoms with E-state index in [1.54, 1.807) is 30.3 Å². The van der Waals surface area contributed by atoms with Crippen LogP contribution in [0.15, 0.2) is 42.5 Å². The molecular weight excluding hydrogens is 286 g/mol. The summed E-state index contributed by atoms with van der Waals surface area (Å²) in [5.74, 6) is -0.227. The molecule has 0 bridgehead atoms. The molecule has 0 aliphatic heterocycles. The average molecular weight is 294 g/mol. The first-order chi connectivity index (χ1) is 9.08. The van der Waals surface area contributed by atoms with Gasteiger partial charge in [-0.1, -0.05) is 23.7 Å². The van der Waals surface area contributed by atoms with Crippen LogP contribution in [-0.2, 0) is 0 Å². The maximum absolute atomic E-state index is 11.8. The number of nitrogens with zero attached hydrogens (tertiary/aromatic N) is 1. The van der Waals surface area contributed by atoms with Crippen LogP contribution in [0, 0.1) is 10.1 Å². The second kappa shape index (κ2) is 5.77. The standard InChI is InChI=1S/C13H8ClNO3S/c14-13-8-7-12(19-13)11(16)6-5-9-3-1-2-4-10(9)15(17)18/h1-8H/b6-5+. The lowest BCUT2D eigenvalue weighted by Crippen LogP contribution is -1.92. The molecule has 0 aliphatic rings. The Kier molecular flexibility index (Phi) is 4.09. The van der Waals surface area contributed by atoms with Crippen LogP contribution >= 0.6 is 22.9 Å². The van der Waals surface area contributed by atoms with E-state index in [1.165, 1.54) is 29.6 Å². The van der Waals surface area contributed by atoms with E-state index in [1.807, 2.05) is 0 Å². The molecule has 0 fully saturated rings. The molecule has 0 radical (unpaired) electrons. The zero-order chi connectivity index (χ0) is 13.8. The summed E-state index contributed by atoms with van der Waals surface area (Å²) in [4.78, 5) is 22.6. The van der Waals surface area contributed by atoms with Crippen LogP contribution in [0.1, 0.15) is 15.2 Å². The molecule has 0 saturated carbocycles. The SMILES string of the molecule is O=C(/C=C/c1ccccc1[N+](=O)[O-])c1ccc(Cl)s1. The molecule has 0 aliphatic carbocycles. The number of nitro groups is 1. The fourth-order valence-corrected chi connectivity index (χ4v) is 2.45. The van der Waals surface area contributed by atoms with Crippen LogP contribution in [-0.4, -0.2) is 10.7 Å². The van der Waals surface area contributed by atoms with Gasteiger partial charge in [-0.3, -0.25) is 14.9 Å². The molecular formula is C13H8ClNO3S. The minimum atomic E-state index is -0.480. The molecule has 1 aromatic carbocycles. The summed E-state index contributed by atoms with van der Waals surface area (Å²) in [6.07, 6.45) is 2.75. The van der Waals surface area contributed by atoms with E-state index in [9.17, 15) is 14.9 Å². The van der Waals surface area contributed by atoms with E-state index in [2.05, 4.69) is 0 Å². The number of carbonyl (C=O) groups excluding carboxylic acids is 1. The predicted molar refractivity (Wildman–Crippen MR) is 75.8 cm³/mol. The lowest BCUT2D eigenvalue weighted by atomic mass is 10.1. The Morgan fingerprint density at radius 3 is 2.63 bits per heavy atom. The molecule has 0 atom stereocenters. The zero-order valence-electron chi connectivity index (χ0n) is 9.58. The molecule has 4 nitrogen and oxygen atoms in total. The number of para-hydroxylation sites is 1. The van der Waals surface area contributed by atoms with Gasteiger partial charge in [0.1, 0.15) is 0 Å². The van der Waals surface area contributed by atoms with Crippen LogP contribution < -0.4 is 0 Å². The largest absolute Gasteiger partial charge is 0.288 e. The topological polar surface area (TPSA) is 60.2 Å². The van der Waals surface area contributed by atoms with Crippen molar-refractivity contribution in [3.05, 3.63) is 67.4 Å². The van der Waals surface area contributed by atoms with Gasteiger partial charge in [0.05, 0.1) is 19.7 Å². The quantitative estimate of drug-likeness (QED) is 0.367. The first kappa shape index (κ1) is 13.5. The molecule has 1 aromatic heterocycles. The van der Waals surface area contributed by atoms with Gasteiger partial charge in [0.2, 0.25) is 0 Å². The third-order valence-corrected chi connectivity index (χ3v) is 3.61. The monoisotopic (exact) mass is 293 g/mol. The van der Waals surface area contributed by atoms with Crippen molar-refractivity contribution < 1.29 is 9.72 Å². The number of hydrogen-bond acceptors (Lipinski definition) is 4. The van der Waals surface area contributed by atoms with Crippen molar-refractivity contribution in [2.75, 3.05) is 0 Å². The summed E-state index contributed by atoms with van der Waals surface area (Å²) in [6, 6.07) is 9.50. The van der Waals surface area contributed by atoms with Crippen molar-refractivity contribution in [3.63, 3.8) is 0 Å². The van der Waals surface area contributed by atoms with E-state index in [-0.39, 0.29) is 11.5 Å². The zero-order valence-corrected chi connectivity index (χ0v) is 11.1. The van der Waals surface area contributed by atoms with E-state index in [0.717, 1.165) is 0 Å². The van der Waals surface area contributed by atoms with E-state index < -0.39 is 4.92 Å². The van der Waals surface area contributed by atoms with E-state index in [0.29, 0.717) is 14.8 Å². The molecule has 96 valence electrons. The molecule has 2 aromatic rings. The van der Waals surface area contributed by atoms with Crippen molar-refractivity contribution in [2.45, 2.75) is 0 Å². The average Bonchev–Trinajstić information content (AvgIpc) is 2.83. The van der Waals surface area contributed by atoms with Gasteiger partial charge in [0.15, 0.2) is 5.78 Å². The fraction of sp³-hybridized carbons (Fsp3) is 0. The third kappa shape index (κ3) is 3.27. The smallest absolute Gasteiger partial charge is 0.276 e. The predicted octanol–water partition coefficient (Wildman–Crippen LogP) is 4.21. The third-order valence-electron chi connectivity index (χ3n) is 2.36. The highest BCUT2D eigenvalue weighted by Gasteiger charge is 2.10. The second-order valence-corrected chi connectivity index (χ2v) is 5.33. The van der Waals surface area contributed by atoms with Gasteiger partial charge in [-0.2, -0.15) is 0 Å². The number of rotatable bonds is 4. The van der Waals surface area contributed by atoms with E-state index >= 15 is 0 Å². The van der Waals surface area contributed by atoms with Gasteiger partial charge in [-0.15, -0.1) is 11.3 Å². The Morgan fingerprint density at radius 2 is 2.00 bits per heavy atom.